The van der Waals surface area contributed by atoms with Gasteiger partial charge in [-0.15, -0.1) is 0 Å². The van der Waals surface area contributed by atoms with Crippen LogP contribution in [0, 0.1) is 41.0 Å². The smallest absolute Gasteiger partial charge is 0.348 e. The lowest BCUT2D eigenvalue weighted by atomic mass is 9.69. The molecule has 3 nitrogen and oxygen atoms in total. The van der Waals surface area contributed by atoms with Crippen molar-refractivity contribution in [2.75, 3.05) is 13.2 Å². The number of unbranched alkanes of at least 4 members (excludes halogenated alkanes) is 2. The lowest BCUT2D eigenvalue weighted by molar-refractivity contribution is -0.278. The van der Waals surface area contributed by atoms with Crippen molar-refractivity contribution in [3.63, 3.8) is 0 Å². The van der Waals surface area contributed by atoms with Crippen molar-refractivity contribution in [1.82, 2.24) is 0 Å². The van der Waals surface area contributed by atoms with Gasteiger partial charge in [-0.1, -0.05) is 38.3 Å². The summed E-state index contributed by atoms with van der Waals surface area (Å²) in [4.78, 5) is 0. The van der Waals surface area contributed by atoms with Crippen LogP contribution in [0.15, 0.2) is 30.3 Å². The highest BCUT2D eigenvalue weighted by molar-refractivity contribution is 5.28. The molecule has 0 aromatic heterocycles. The van der Waals surface area contributed by atoms with Gasteiger partial charge in [-0.05, 0) is 99.3 Å². The van der Waals surface area contributed by atoms with E-state index in [1.54, 1.807) is 6.07 Å². The Morgan fingerprint density at radius 1 is 0.767 bits per heavy atom. The summed E-state index contributed by atoms with van der Waals surface area (Å²) in [6.45, 7) is 3.45. The minimum absolute atomic E-state index is 0.135. The van der Waals surface area contributed by atoms with E-state index in [2.05, 4.69) is 6.92 Å². The van der Waals surface area contributed by atoms with Gasteiger partial charge in [-0.2, -0.15) is 8.78 Å². The Bertz CT molecular complexity index is 1180. The lowest BCUT2D eigenvalue weighted by Gasteiger charge is -2.38. The first-order chi connectivity index (χ1) is 20.6. The Balaban J connectivity index is 1.07. The fourth-order valence-corrected chi connectivity index (χ4v) is 7.19. The number of rotatable bonds is 10. The summed E-state index contributed by atoms with van der Waals surface area (Å²) in [5, 5.41) is 0. The average Bonchev–Trinajstić information content (AvgIpc) is 3.00. The van der Waals surface area contributed by atoms with E-state index in [-0.39, 0.29) is 23.9 Å². The van der Waals surface area contributed by atoms with Gasteiger partial charge in [0.25, 0.3) is 0 Å². The predicted octanol–water partition coefficient (Wildman–Crippen LogP) is 10.1. The SMILES string of the molecule is CCCCCC1COC(c2ccc(C3CCC(C4CCC(OC(F)(F)c5cc(F)c(F)c(F)c5)CC4)CC3)c(F)c2)OC1. The van der Waals surface area contributed by atoms with Crippen molar-refractivity contribution >= 4 is 0 Å². The third-order valence-corrected chi connectivity index (χ3v) is 9.71. The summed E-state index contributed by atoms with van der Waals surface area (Å²) in [6.07, 6.45) is 5.32. The van der Waals surface area contributed by atoms with Crippen LogP contribution in [0.25, 0.3) is 0 Å². The van der Waals surface area contributed by atoms with Crippen LogP contribution in [0.1, 0.15) is 113 Å². The van der Waals surface area contributed by atoms with Crippen LogP contribution >= 0.6 is 0 Å². The largest absolute Gasteiger partial charge is 0.383 e. The molecule has 1 saturated heterocycles. The first-order valence-electron chi connectivity index (χ1n) is 15.9. The first kappa shape index (κ1) is 32.3. The Morgan fingerprint density at radius 2 is 1.37 bits per heavy atom. The van der Waals surface area contributed by atoms with E-state index in [4.69, 9.17) is 14.2 Å². The van der Waals surface area contributed by atoms with Gasteiger partial charge in [-0.3, -0.25) is 0 Å². The number of ether oxygens (including phenoxy) is 3. The zero-order valence-electron chi connectivity index (χ0n) is 24.7. The fraction of sp³-hybridized carbons (Fsp3) is 0.647. The normalized spacial score (nSPS) is 28.6. The minimum Gasteiger partial charge on any atom is -0.348 e. The molecule has 2 saturated carbocycles. The van der Waals surface area contributed by atoms with Crippen molar-refractivity contribution in [3.05, 3.63) is 70.3 Å². The van der Waals surface area contributed by atoms with Crippen LogP contribution < -0.4 is 0 Å². The number of hydrogen-bond donors (Lipinski definition) is 0. The predicted molar refractivity (Wildman–Crippen MR) is 150 cm³/mol. The maximum Gasteiger partial charge on any atom is 0.383 e. The highest BCUT2D eigenvalue weighted by Crippen LogP contribution is 2.45. The fourth-order valence-electron chi connectivity index (χ4n) is 7.19. The molecule has 238 valence electrons. The molecule has 2 aromatic carbocycles. The molecule has 3 fully saturated rings. The van der Waals surface area contributed by atoms with E-state index in [9.17, 15) is 22.0 Å². The van der Waals surface area contributed by atoms with E-state index >= 15 is 4.39 Å². The molecule has 5 rings (SSSR count). The molecule has 0 unspecified atom stereocenters. The van der Waals surface area contributed by atoms with Gasteiger partial charge in [0.15, 0.2) is 23.7 Å². The molecule has 43 heavy (non-hydrogen) atoms. The van der Waals surface area contributed by atoms with Crippen LogP contribution in [0.3, 0.4) is 0 Å². The second kappa shape index (κ2) is 14.3. The molecule has 9 heteroatoms. The zero-order chi connectivity index (χ0) is 30.6. The van der Waals surface area contributed by atoms with Crippen LogP contribution in [-0.4, -0.2) is 19.3 Å². The topological polar surface area (TPSA) is 27.7 Å². The highest BCUT2D eigenvalue weighted by atomic mass is 19.3. The molecule has 2 aliphatic carbocycles. The molecule has 1 aliphatic heterocycles. The average molecular weight is 613 g/mol. The number of alkyl halides is 2. The standard InChI is InChI=1S/C34H42F6O3/c1-2-3-4-5-21-19-41-33(42-20-21)25-12-15-28(29(35)16-25)24-8-6-22(7-9-24)23-10-13-27(14-11-23)43-34(39,40)26-17-30(36)32(38)31(37)18-26/h12,15-18,21-24,27,33H,2-11,13-14,19-20H2,1H3. The van der Waals surface area contributed by atoms with Gasteiger partial charge in [0.05, 0.1) is 24.9 Å². The Labute approximate surface area is 250 Å². The number of hydrogen-bond acceptors (Lipinski definition) is 3. The summed E-state index contributed by atoms with van der Waals surface area (Å²) in [5.74, 6) is -4.02. The molecule has 0 N–H and O–H groups in total. The minimum atomic E-state index is -3.92. The van der Waals surface area contributed by atoms with Gasteiger partial charge < -0.3 is 14.2 Å². The first-order valence-corrected chi connectivity index (χ1v) is 15.9. The van der Waals surface area contributed by atoms with E-state index in [1.807, 2.05) is 12.1 Å². The van der Waals surface area contributed by atoms with Crippen LogP contribution in [0.5, 0.6) is 0 Å². The molecule has 2 aromatic rings. The highest BCUT2D eigenvalue weighted by Gasteiger charge is 2.40. The summed E-state index contributed by atoms with van der Waals surface area (Å²) < 4.78 is 101. The number of halogens is 6. The van der Waals surface area contributed by atoms with Crippen LogP contribution in [-0.2, 0) is 20.3 Å². The summed E-state index contributed by atoms with van der Waals surface area (Å²) in [6, 6.07) is 5.90. The van der Waals surface area contributed by atoms with Crippen molar-refractivity contribution in [1.29, 1.82) is 0 Å². The molecular weight excluding hydrogens is 570 g/mol. The maximum atomic E-state index is 15.2. The second-order valence-corrected chi connectivity index (χ2v) is 12.7. The summed E-state index contributed by atoms with van der Waals surface area (Å²) in [7, 11) is 0. The number of benzene rings is 2. The molecule has 1 heterocycles. The Hall–Kier alpha value is -2.10. The van der Waals surface area contributed by atoms with E-state index in [0.29, 0.717) is 62.2 Å². The molecule has 0 bridgehead atoms. The molecule has 0 spiro atoms. The Morgan fingerprint density at radius 3 is 1.95 bits per heavy atom. The van der Waals surface area contributed by atoms with Crippen LogP contribution in [0.4, 0.5) is 26.3 Å². The summed E-state index contributed by atoms with van der Waals surface area (Å²) in [5.41, 5.74) is 0.402. The zero-order valence-corrected chi connectivity index (χ0v) is 24.7. The van der Waals surface area contributed by atoms with Gasteiger partial charge in [0, 0.05) is 11.5 Å². The van der Waals surface area contributed by atoms with Crippen molar-refractivity contribution in [2.45, 2.75) is 108 Å². The third kappa shape index (κ3) is 7.95. The molecule has 3 aliphatic rings. The van der Waals surface area contributed by atoms with E-state index in [0.717, 1.165) is 37.7 Å². The lowest BCUT2D eigenvalue weighted by Crippen LogP contribution is -2.32. The van der Waals surface area contributed by atoms with Crippen molar-refractivity contribution < 1.29 is 40.6 Å². The molecule has 0 amide bonds. The molecular formula is C34H42F6O3. The van der Waals surface area contributed by atoms with Crippen LogP contribution in [0.2, 0.25) is 0 Å². The van der Waals surface area contributed by atoms with Gasteiger partial charge in [-0.25, -0.2) is 17.6 Å². The summed E-state index contributed by atoms with van der Waals surface area (Å²) >= 11 is 0. The van der Waals surface area contributed by atoms with E-state index < -0.39 is 41.5 Å². The maximum absolute atomic E-state index is 15.2. The third-order valence-electron chi connectivity index (χ3n) is 9.71. The van der Waals surface area contributed by atoms with Gasteiger partial charge in [0.1, 0.15) is 5.82 Å². The van der Waals surface area contributed by atoms with E-state index in [1.165, 1.54) is 19.3 Å². The Kier molecular flexibility index (Phi) is 10.8. The van der Waals surface area contributed by atoms with Crippen molar-refractivity contribution in [3.8, 4) is 0 Å². The monoisotopic (exact) mass is 612 g/mol. The molecule has 0 radical (unpaired) electrons. The quantitative estimate of drug-likeness (QED) is 0.152. The molecule has 0 atom stereocenters. The van der Waals surface area contributed by atoms with Gasteiger partial charge in [0.2, 0.25) is 0 Å². The second-order valence-electron chi connectivity index (χ2n) is 12.7. The van der Waals surface area contributed by atoms with Gasteiger partial charge >= 0.3 is 6.11 Å². The van der Waals surface area contributed by atoms with Crippen molar-refractivity contribution in [2.24, 2.45) is 17.8 Å².